The largest absolute Gasteiger partial charge is 0.507 e. The molecule has 3 aliphatic rings. The lowest BCUT2D eigenvalue weighted by atomic mass is 9.54. The van der Waals surface area contributed by atoms with Gasteiger partial charge >= 0.3 is 0 Å². The number of likely N-dealkylation sites (N-methyl/N-ethyl adjacent to an activating group) is 1. The fraction of sp³-hybridized carbons (Fsp3) is 0.387. The first kappa shape index (κ1) is 29.3. The summed E-state index contributed by atoms with van der Waals surface area (Å²) in [4.78, 5) is 41.1. The number of hydrogen-bond acceptors (Lipinski definition) is 10. The summed E-state index contributed by atoms with van der Waals surface area (Å²) in [5, 5.41) is 44.9. The second-order valence-electron chi connectivity index (χ2n) is 11.3. The Bertz CT molecular complexity index is 1550. The second-order valence-corrected chi connectivity index (χ2v) is 11.3. The number of benzene rings is 2. The van der Waals surface area contributed by atoms with E-state index in [9.17, 15) is 34.8 Å². The van der Waals surface area contributed by atoms with Crippen LogP contribution in [0.15, 0.2) is 35.9 Å². The highest BCUT2D eigenvalue weighted by molar-refractivity contribution is 6.25. The van der Waals surface area contributed by atoms with E-state index in [1.807, 2.05) is 18.2 Å². The molecule has 6 N–H and O–H groups in total. The molecular formula is C31H34N2O9. The zero-order valence-electron chi connectivity index (χ0n) is 23.7. The van der Waals surface area contributed by atoms with Gasteiger partial charge in [0.1, 0.15) is 17.4 Å². The summed E-state index contributed by atoms with van der Waals surface area (Å²) in [5.41, 5.74) is 4.63. The molecule has 6 atom stereocenters. The number of amides is 1. The van der Waals surface area contributed by atoms with Crippen molar-refractivity contribution in [3.63, 3.8) is 0 Å². The van der Waals surface area contributed by atoms with Crippen molar-refractivity contribution >= 4 is 35.4 Å². The van der Waals surface area contributed by atoms with Gasteiger partial charge in [0.2, 0.25) is 11.7 Å². The highest BCUT2D eigenvalue weighted by atomic mass is 16.5. The van der Waals surface area contributed by atoms with E-state index in [0.717, 1.165) is 5.56 Å². The molecule has 0 radical (unpaired) electrons. The second kappa shape index (κ2) is 10.6. The maximum atomic E-state index is 14.0. The summed E-state index contributed by atoms with van der Waals surface area (Å²) in [6.07, 6.45) is 2.36. The number of aromatic hydroxyl groups is 1. The van der Waals surface area contributed by atoms with Gasteiger partial charge in [0.25, 0.3) is 0 Å². The van der Waals surface area contributed by atoms with Crippen LogP contribution in [0.3, 0.4) is 0 Å². The number of aliphatic hydroxyl groups excluding tert-OH is 2. The van der Waals surface area contributed by atoms with E-state index in [1.54, 1.807) is 44.3 Å². The van der Waals surface area contributed by atoms with E-state index in [1.165, 1.54) is 13.2 Å². The van der Waals surface area contributed by atoms with E-state index in [-0.39, 0.29) is 29.7 Å². The first-order valence-corrected chi connectivity index (χ1v) is 13.5. The zero-order chi connectivity index (χ0) is 30.7. The number of ether oxygens (including phenoxy) is 2. The number of aliphatic hydroxyl groups is 3. The quantitative estimate of drug-likeness (QED) is 0.248. The summed E-state index contributed by atoms with van der Waals surface area (Å²) >= 11 is 0. The lowest BCUT2D eigenvalue weighted by Gasteiger charge is -2.53. The van der Waals surface area contributed by atoms with Crippen LogP contribution in [0.4, 0.5) is 0 Å². The van der Waals surface area contributed by atoms with Crippen LogP contribution in [0.2, 0.25) is 0 Å². The molecule has 0 aliphatic heterocycles. The summed E-state index contributed by atoms with van der Waals surface area (Å²) in [7, 11) is 6.30. The van der Waals surface area contributed by atoms with E-state index in [2.05, 4.69) is 0 Å². The third-order valence-electron chi connectivity index (χ3n) is 8.87. The van der Waals surface area contributed by atoms with Gasteiger partial charge in [0, 0.05) is 17.5 Å². The Morgan fingerprint density at radius 2 is 1.76 bits per heavy atom. The van der Waals surface area contributed by atoms with Gasteiger partial charge in [-0.2, -0.15) is 0 Å². The molecule has 11 nitrogen and oxygen atoms in total. The van der Waals surface area contributed by atoms with Crippen molar-refractivity contribution in [2.24, 2.45) is 23.5 Å². The number of primary amides is 1. The predicted molar refractivity (Wildman–Crippen MR) is 153 cm³/mol. The number of nitrogens with two attached hydrogens (primary N) is 1. The third kappa shape index (κ3) is 4.27. The SMILES string of the molecule is COc1ccc(/C=C/c2ccc(O)c3c2C[C@@H]2C[C@@H]4[C@@H](N(C)C)C(O)C(C(N)=O)C(=O)[C@]4(O)C(=O)C2=C3O)cc1OC. The van der Waals surface area contributed by atoms with Gasteiger partial charge in [0.05, 0.1) is 25.9 Å². The Morgan fingerprint density at radius 1 is 1.07 bits per heavy atom. The van der Waals surface area contributed by atoms with Crippen molar-refractivity contribution in [3.05, 3.63) is 58.2 Å². The summed E-state index contributed by atoms with van der Waals surface area (Å²) in [6.45, 7) is 0. The van der Waals surface area contributed by atoms with Crippen molar-refractivity contribution in [2.75, 3.05) is 28.3 Å². The lowest BCUT2D eigenvalue weighted by Crippen LogP contribution is -2.73. The number of phenols is 1. The van der Waals surface area contributed by atoms with Crippen LogP contribution in [0, 0.1) is 17.8 Å². The molecular weight excluding hydrogens is 544 g/mol. The Labute approximate surface area is 242 Å². The van der Waals surface area contributed by atoms with Crippen LogP contribution in [-0.4, -0.2) is 88.9 Å². The third-order valence-corrected chi connectivity index (χ3v) is 8.87. The minimum Gasteiger partial charge on any atom is -0.507 e. The Balaban J connectivity index is 1.61. The van der Waals surface area contributed by atoms with Gasteiger partial charge in [-0.1, -0.05) is 24.3 Å². The number of carbonyl (C=O) groups is 3. The number of hydrogen-bond donors (Lipinski definition) is 5. The van der Waals surface area contributed by atoms with Gasteiger partial charge < -0.3 is 40.5 Å². The Hall–Kier alpha value is -4.19. The van der Waals surface area contributed by atoms with Gasteiger partial charge in [0.15, 0.2) is 22.9 Å². The van der Waals surface area contributed by atoms with Gasteiger partial charge in [-0.3, -0.25) is 14.4 Å². The highest BCUT2D eigenvalue weighted by Crippen LogP contribution is 2.52. The highest BCUT2D eigenvalue weighted by Gasteiger charge is 2.67. The molecule has 3 aliphatic carbocycles. The molecule has 0 saturated heterocycles. The molecule has 0 spiro atoms. The lowest BCUT2D eigenvalue weighted by molar-refractivity contribution is -0.184. The van der Waals surface area contributed by atoms with Crippen molar-refractivity contribution in [1.82, 2.24) is 4.90 Å². The van der Waals surface area contributed by atoms with E-state index < -0.39 is 58.7 Å². The number of ketones is 2. The van der Waals surface area contributed by atoms with Crippen molar-refractivity contribution in [3.8, 4) is 17.2 Å². The molecule has 5 rings (SSSR count). The molecule has 0 bridgehead atoms. The number of methoxy groups -OCH3 is 2. The van der Waals surface area contributed by atoms with Gasteiger partial charge in [-0.05, 0) is 67.7 Å². The van der Waals surface area contributed by atoms with Crippen LogP contribution in [0.5, 0.6) is 17.2 Å². The first-order chi connectivity index (χ1) is 19.9. The zero-order valence-corrected chi connectivity index (χ0v) is 23.7. The Kier molecular flexibility index (Phi) is 7.38. The van der Waals surface area contributed by atoms with Crippen LogP contribution in [-0.2, 0) is 20.8 Å². The number of fused-ring (bicyclic) bond motifs is 3. The Morgan fingerprint density at radius 3 is 2.38 bits per heavy atom. The molecule has 42 heavy (non-hydrogen) atoms. The number of nitrogens with zero attached hydrogens (tertiary/aromatic N) is 1. The predicted octanol–water partition coefficient (Wildman–Crippen LogP) is 1.32. The van der Waals surface area contributed by atoms with E-state index in [4.69, 9.17) is 15.2 Å². The van der Waals surface area contributed by atoms with Crippen LogP contribution in [0.25, 0.3) is 17.9 Å². The first-order valence-electron chi connectivity index (χ1n) is 13.5. The average molecular weight is 579 g/mol. The van der Waals surface area contributed by atoms with Crippen LogP contribution >= 0.6 is 0 Å². The smallest absolute Gasteiger partial charge is 0.230 e. The molecule has 11 heteroatoms. The van der Waals surface area contributed by atoms with Gasteiger partial charge in [-0.15, -0.1) is 0 Å². The number of rotatable bonds is 6. The maximum absolute atomic E-state index is 14.0. The fourth-order valence-electron chi connectivity index (χ4n) is 6.93. The molecule has 0 aromatic heterocycles. The van der Waals surface area contributed by atoms with Gasteiger partial charge in [-0.25, -0.2) is 0 Å². The summed E-state index contributed by atoms with van der Waals surface area (Å²) in [6, 6.07) is 7.54. The molecule has 2 saturated carbocycles. The maximum Gasteiger partial charge on any atom is 0.230 e. The van der Waals surface area contributed by atoms with Crippen molar-refractivity contribution in [2.45, 2.75) is 30.6 Å². The van der Waals surface area contributed by atoms with Crippen LogP contribution in [0.1, 0.15) is 28.7 Å². The monoisotopic (exact) mass is 578 g/mol. The number of Topliss-reactive ketones (excluding diaryl/α,β-unsaturated/α-hetero) is 2. The molecule has 0 heterocycles. The molecule has 2 unspecified atom stereocenters. The van der Waals surface area contributed by atoms with E-state index >= 15 is 0 Å². The standard InChI is InChI=1S/C31H34N2O9/c1-33(2)25-18-13-16-12-17-15(7-5-14-6-10-20(41-3)21(11-14)42-4)8-9-19(34)23(17)26(35)22(16)28(37)31(18,40)29(38)24(27(25)36)30(32)39/h5-11,16,18,24-25,27,34-36,40H,12-13H2,1-4H3,(H2,32,39)/b7-5+/t16-,18-,24?,25-,27?,31-/m1/s1. The fourth-order valence-corrected chi connectivity index (χ4v) is 6.93. The molecule has 222 valence electrons. The number of carbonyl (C=O) groups excluding carboxylic acids is 3. The molecule has 2 aromatic carbocycles. The van der Waals surface area contributed by atoms with Crippen molar-refractivity contribution < 1.29 is 44.3 Å². The summed E-state index contributed by atoms with van der Waals surface area (Å²) in [5.74, 6) is -6.60. The number of phenolic OH excluding ortho intramolecular Hbond substituents is 1. The topological polar surface area (TPSA) is 180 Å². The molecule has 1 amide bonds. The minimum atomic E-state index is -2.69. The minimum absolute atomic E-state index is 0.0324. The van der Waals surface area contributed by atoms with E-state index in [0.29, 0.717) is 22.6 Å². The van der Waals surface area contributed by atoms with Crippen LogP contribution < -0.4 is 15.2 Å². The summed E-state index contributed by atoms with van der Waals surface area (Å²) < 4.78 is 10.7. The average Bonchev–Trinajstić information content (AvgIpc) is 2.94. The molecule has 2 fully saturated rings. The molecule has 2 aromatic rings. The van der Waals surface area contributed by atoms with Crippen molar-refractivity contribution in [1.29, 1.82) is 0 Å². The normalized spacial score (nSPS) is 28.9.